The van der Waals surface area contributed by atoms with E-state index in [2.05, 4.69) is 15.6 Å². The first-order valence-electron chi connectivity index (χ1n) is 7.27. The molecule has 117 valence electrons. The Morgan fingerprint density at radius 2 is 2.09 bits per heavy atom. The molecule has 23 heavy (non-hydrogen) atoms. The van der Waals surface area contributed by atoms with Crippen LogP contribution in [0, 0.1) is 20.3 Å². The van der Waals surface area contributed by atoms with Gasteiger partial charge in [0, 0.05) is 11.8 Å². The predicted molar refractivity (Wildman–Crippen MR) is 85.8 cm³/mol. The van der Waals surface area contributed by atoms with Gasteiger partial charge in [0.1, 0.15) is 5.76 Å². The SMILES string of the molecule is Cc1noc(C)c1Cn1cc(NC(=O)[CH]c2ccccc2)cn1. The minimum atomic E-state index is -0.187. The molecule has 6 heteroatoms. The third kappa shape index (κ3) is 3.66. The Kier molecular flexibility index (Phi) is 4.23. The van der Waals surface area contributed by atoms with E-state index in [1.165, 1.54) is 0 Å². The van der Waals surface area contributed by atoms with Crippen LogP contribution in [0.1, 0.15) is 22.6 Å². The number of nitrogens with zero attached hydrogens (tertiary/aromatic N) is 3. The van der Waals surface area contributed by atoms with Crippen LogP contribution in [0.4, 0.5) is 5.69 Å². The van der Waals surface area contributed by atoms with Crippen LogP contribution in [0.5, 0.6) is 0 Å². The number of benzene rings is 1. The van der Waals surface area contributed by atoms with Gasteiger partial charge in [0.2, 0.25) is 5.91 Å². The van der Waals surface area contributed by atoms with E-state index in [1.54, 1.807) is 23.5 Å². The van der Waals surface area contributed by atoms with Crippen LogP contribution >= 0.6 is 0 Å². The Morgan fingerprint density at radius 3 is 2.78 bits per heavy atom. The molecule has 0 unspecified atom stereocenters. The normalized spacial score (nSPS) is 10.7. The molecule has 6 nitrogen and oxygen atoms in total. The molecule has 1 radical (unpaired) electrons. The molecular formula is C17H17N4O2. The monoisotopic (exact) mass is 309 g/mol. The molecule has 0 aliphatic heterocycles. The summed E-state index contributed by atoms with van der Waals surface area (Å²) in [6.07, 6.45) is 4.95. The number of aromatic nitrogens is 3. The van der Waals surface area contributed by atoms with Crippen molar-refractivity contribution in [2.24, 2.45) is 0 Å². The first-order chi connectivity index (χ1) is 11.1. The minimum Gasteiger partial charge on any atom is -0.361 e. The highest BCUT2D eigenvalue weighted by molar-refractivity contribution is 5.99. The van der Waals surface area contributed by atoms with E-state index >= 15 is 0 Å². The lowest BCUT2D eigenvalue weighted by Crippen LogP contribution is -2.12. The second-order valence-corrected chi connectivity index (χ2v) is 5.27. The van der Waals surface area contributed by atoms with Gasteiger partial charge >= 0.3 is 0 Å². The van der Waals surface area contributed by atoms with Gasteiger partial charge in [-0.25, -0.2) is 0 Å². The number of carbonyl (C=O) groups is 1. The number of aryl methyl sites for hydroxylation is 2. The lowest BCUT2D eigenvalue weighted by molar-refractivity contribution is -0.112. The molecule has 1 amide bonds. The molecule has 0 saturated heterocycles. The summed E-state index contributed by atoms with van der Waals surface area (Å²) in [4.78, 5) is 12.0. The molecule has 3 rings (SSSR count). The van der Waals surface area contributed by atoms with Crippen molar-refractivity contribution in [2.45, 2.75) is 20.4 Å². The van der Waals surface area contributed by atoms with Crippen molar-refractivity contribution in [3.05, 3.63) is 71.7 Å². The number of nitrogens with one attached hydrogen (secondary N) is 1. The van der Waals surface area contributed by atoms with Crippen LogP contribution in [0.3, 0.4) is 0 Å². The van der Waals surface area contributed by atoms with E-state index in [4.69, 9.17) is 4.52 Å². The fraction of sp³-hybridized carbons (Fsp3) is 0.176. The van der Waals surface area contributed by atoms with Gasteiger partial charge in [-0.2, -0.15) is 5.10 Å². The number of hydrogen-bond donors (Lipinski definition) is 1. The summed E-state index contributed by atoms with van der Waals surface area (Å²) in [7, 11) is 0. The van der Waals surface area contributed by atoms with Gasteiger partial charge in [-0.15, -0.1) is 0 Å². The zero-order valence-corrected chi connectivity index (χ0v) is 13.0. The van der Waals surface area contributed by atoms with Crippen molar-refractivity contribution in [1.29, 1.82) is 0 Å². The van der Waals surface area contributed by atoms with Crippen molar-refractivity contribution in [2.75, 3.05) is 5.32 Å². The van der Waals surface area contributed by atoms with Gasteiger partial charge in [0.15, 0.2) is 0 Å². The fourth-order valence-electron chi connectivity index (χ4n) is 2.28. The first kappa shape index (κ1) is 15.0. The van der Waals surface area contributed by atoms with Crippen molar-refractivity contribution >= 4 is 11.6 Å². The molecule has 0 spiro atoms. The quantitative estimate of drug-likeness (QED) is 0.786. The average molecular weight is 309 g/mol. The van der Waals surface area contributed by atoms with Gasteiger partial charge in [-0.3, -0.25) is 9.48 Å². The van der Waals surface area contributed by atoms with Crippen LogP contribution in [-0.2, 0) is 11.3 Å². The first-order valence-corrected chi connectivity index (χ1v) is 7.27. The van der Waals surface area contributed by atoms with Crippen LogP contribution < -0.4 is 5.32 Å². The Hall–Kier alpha value is -2.89. The second-order valence-electron chi connectivity index (χ2n) is 5.27. The highest BCUT2D eigenvalue weighted by Crippen LogP contribution is 2.15. The predicted octanol–water partition coefficient (Wildman–Crippen LogP) is 2.73. The largest absolute Gasteiger partial charge is 0.361 e. The van der Waals surface area contributed by atoms with E-state index in [1.807, 2.05) is 44.2 Å². The maximum atomic E-state index is 12.0. The van der Waals surface area contributed by atoms with Crippen LogP contribution in [0.25, 0.3) is 0 Å². The zero-order chi connectivity index (χ0) is 16.2. The molecule has 0 aliphatic carbocycles. The summed E-state index contributed by atoms with van der Waals surface area (Å²) < 4.78 is 6.88. The van der Waals surface area contributed by atoms with Crippen molar-refractivity contribution in [1.82, 2.24) is 14.9 Å². The molecule has 1 N–H and O–H groups in total. The third-order valence-electron chi connectivity index (χ3n) is 3.50. The van der Waals surface area contributed by atoms with E-state index in [0.29, 0.717) is 12.2 Å². The van der Waals surface area contributed by atoms with E-state index in [9.17, 15) is 4.79 Å². The number of amides is 1. The Morgan fingerprint density at radius 1 is 1.30 bits per heavy atom. The second kappa shape index (κ2) is 6.48. The van der Waals surface area contributed by atoms with Crippen molar-refractivity contribution in [3.63, 3.8) is 0 Å². The van der Waals surface area contributed by atoms with Gasteiger partial charge in [-0.05, 0) is 19.4 Å². The van der Waals surface area contributed by atoms with Crippen LogP contribution in [-0.4, -0.2) is 20.8 Å². The molecule has 0 atom stereocenters. The smallest absolute Gasteiger partial charge is 0.233 e. The molecule has 0 aliphatic rings. The van der Waals surface area contributed by atoms with E-state index in [0.717, 1.165) is 22.6 Å². The van der Waals surface area contributed by atoms with Gasteiger partial charge in [0.25, 0.3) is 0 Å². The Bertz CT molecular complexity index is 786. The highest BCUT2D eigenvalue weighted by atomic mass is 16.5. The van der Waals surface area contributed by atoms with E-state index < -0.39 is 0 Å². The molecular weight excluding hydrogens is 292 g/mol. The van der Waals surface area contributed by atoms with Gasteiger partial charge < -0.3 is 9.84 Å². The average Bonchev–Trinajstić information content (AvgIpc) is 3.10. The maximum absolute atomic E-state index is 12.0. The summed E-state index contributed by atoms with van der Waals surface area (Å²) >= 11 is 0. The fourth-order valence-corrected chi connectivity index (χ4v) is 2.28. The van der Waals surface area contributed by atoms with Crippen LogP contribution in [0.2, 0.25) is 0 Å². The summed E-state index contributed by atoms with van der Waals surface area (Å²) in [5.41, 5.74) is 3.35. The third-order valence-corrected chi connectivity index (χ3v) is 3.50. The Balaban J connectivity index is 1.62. The lowest BCUT2D eigenvalue weighted by atomic mass is 10.1. The summed E-state index contributed by atoms with van der Waals surface area (Å²) in [5, 5.41) is 11.0. The number of rotatable bonds is 5. The van der Waals surface area contributed by atoms with Gasteiger partial charge in [0.05, 0.1) is 30.5 Å². The molecule has 0 bridgehead atoms. The van der Waals surface area contributed by atoms with Gasteiger partial charge in [-0.1, -0.05) is 35.5 Å². The highest BCUT2D eigenvalue weighted by Gasteiger charge is 2.11. The topological polar surface area (TPSA) is 73.0 Å². The zero-order valence-electron chi connectivity index (χ0n) is 13.0. The number of anilines is 1. The van der Waals surface area contributed by atoms with Crippen molar-refractivity contribution in [3.8, 4) is 0 Å². The molecule has 2 heterocycles. The number of hydrogen-bond acceptors (Lipinski definition) is 4. The summed E-state index contributed by atoms with van der Waals surface area (Å²) in [6, 6.07) is 9.44. The Labute approximate surface area is 134 Å². The van der Waals surface area contributed by atoms with Crippen molar-refractivity contribution < 1.29 is 9.32 Å². The number of carbonyl (C=O) groups excluding carboxylic acids is 1. The molecule has 2 aromatic heterocycles. The molecule has 1 aromatic carbocycles. The molecule has 3 aromatic rings. The van der Waals surface area contributed by atoms with E-state index in [-0.39, 0.29) is 5.91 Å². The lowest BCUT2D eigenvalue weighted by Gasteiger charge is -2.02. The molecule has 0 saturated carbocycles. The molecule has 0 fully saturated rings. The minimum absolute atomic E-state index is 0.187. The summed E-state index contributed by atoms with van der Waals surface area (Å²) in [5.74, 6) is 0.592. The summed E-state index contributed by atoms with van der Waals surface area (Å²) in [6.45, 7) is 4.32. The maximum Gasteiger partial charge on any atom is 0.233 e. The van der Waals surface area contributed by atoms with Crippen LogP contribution in [0.15, 0.2) is 47.2 Å². The standard InChI is InChI=1S/C17H17N4O2/c1-12-16(13(2)23-20-12)11-21-10-15(9-18-21)19-17(22)8-14-6-4-3-5-7-14/h3-10H,11H2,1-2H3,(H,19,22).